The molecule has 1 N–H and O–H groups in total. The van der Waals surface area contributed by atoms with Gasteiger partial charge >= 0.3 is 0 Å². The first-order valence-electron chi connectivity index (χ1n) is 4.25. The number of rotatable bonds is 0. The van der Waals surface area contributed by atoms with Gasteiger partial charge in [-0.3, -0.25) is 0 Å². The van der Waals surface area contributed by atoms with E-state index in [0.717, 1.165) is 13.0 Å². The molecule has 11 heavy (non-hydrogen) atoms. The van der Waals surface area contributed by atoms with Gasteiger partial charge in [0.1, 0.15) is 0 Å². The standard InChI is InChI=1S/C9H14O2/c1-6-2-3-7-4-9(10)11-5-8(6)7/h2-3,6-10H,4-5H2,1H3. The third kappa shape index (κ3) is 1.21. The van der Waals surface area contributed by atoms with Crippen LogP contribution in [0.2, 0.25) is 0 Å². The van der Waals surface area contributed by atoms with Crippen LogP contribution in [0.3, 0.4) is 0 Å². The molecule has 0 bridgehead atoms. The molecule has 0 aromatic heterocycles. The zero-order valence-electron chi connectivity index (χ0n) is 6.73. The molecule has 0 aromatic rings. The third-order valence-corrected chi connectivity index (χ3v) is 2.84. The third-order valence-electron chi connectivity index (χ3n) is 2.84. The fourth-order valence-electron chi connectivity index (χ4n) is 2.05. The van der Waals surface area contributed by atoms with Gasteiger partial charge in [0.2, 0.25) is 0 Å². The second kappa shape index (κ2) is 2.61. The normalized spacial score (nSPS) is 49.3. The minimum absolute atomic E-state index is 0.522. The molecule has 2 rings (SSSR count). The number of allylic oxidation sites excluding steroid dienone is 2. The molecule has 0 amide bonds. The highest BCUT2D eigenvalue weighted by Gasteiger charge is 2.34. The lowest BCUT2D eigenvalue weighted by Crippen LogP contribution is -2.32. The lowest BCUT2D eigenvalue weighted by Gasteiger charge is -2.31. The van der Waals surface area contributed by atoms with Crippen molar-refractivity contribution in [2.24, 2.45) is 17.8 Å². The fourth-order valence-corrected chi connectivity index (χ4v) is 2.05. The predicted octanol–water partition coefficient (Wildman–Crippen LogP) is 1.16. The maximum atomic E-state index is 9.19. The second-order valence-electron chi connectivity index (χ2n) is 3.60. The zero-order chi connectivity index (χ0) is 7.84. The van der Waals surface area contributed by atoms with Gasteiger partial charge in [0.25, 0.3) is 0 Å². The van der Waals surface area contributed by atoms with E-state index in [-0.39, 0.29) is 0 Å². The van der Waals surface area contributed by atoms with Crippen LogP contribution in [-0.2, 0) is 4.74 Å². The minimum Gasteiger partial charge on any atom is -0.368 e. The number of ether oxygens (including phenoxy) is 1. The Labute approximate surface area is 66.9 Å². The largest absolute Gasteiger partial charge is 0.368 e. The Morgan fingerprint density at radius 1 is 1.45 bits per heavy atom. The summed E-state index contributed by atoms with van der Waals surface area (Å²) >= 11 is 0. The molecule has 1 aliphatic carbocycles. The van der Waals surface area contributed by atoms with Gasteiger partial charge in [-0.25, -0.2) is 0 Å². The first-order valence-corrected chi connectivity index (χ1v) is 4.25. The number of fused-ring (bicyclic) bond motifs is 1. The number of hydrogen-bond acceptors (Lipinski definition) is 2. The molecule has 0 spiro atoms. The van der Waals surface area contributed by atoms with Crippen LogP contribution in [0.15, 0.2) is 12.2 Å². The quantitative estimate of drug-likeness (QED) is 0.530. The van der Waals surface area contributed by atoms with E-state index in [2.05, 4.69) is 19.1 Å². The molecule has 1 aliphatic heterocycles. The summed E-state index contributed by atoms with van der Waals surface area (Å²) in [5.41, 5.74) is 0. The number of aliphatic hydroxyl groups is 1. The Kier molecular flexibility index (Phi) is 1.74. The van der Waals surface area contributed by atoms with Gasteiger partial charge in [0.15, 0.2) is 6.29 Å². The van der Waals surface area contributed by atoms with E-state index >= 15 is 0 Å². The van der Waals surface area contributed by atoms with Gasteiger partial charge in [-0.1, -0.05) is 19.1 Å². The van der Waals surface area contributed by atoms with Crippen LogP contribution in [0.4, 0.5) is 0 Å². The van der Waals surface area contributed by atoms with E-state index in [1.165, 1.54) is 0 Å². The van der Waals surface area contributed by atoms with Crippen molar-refractivity contribution < 1.29 is 9.84 Å². The molecule has 1 saturated heterocycles. The van der Waals surface area contributed by atoms with Crippen molar-refractivity contribution in [3.05, 3.63) is 12.2 Å². The Hall–Kier alpha value is -0.340. The summed E-state index contributed by atoms with van der Waals surface area (Å²) in [4.78, 5) is 0. The molecule has 4 atom stereocenters. The minimum atomic E-state index is -0.522. The maximum Gasteiger partial charge on any atom is 0.155 e. The van der Waals surface area contributed by atoms with E-state index in [4.69, 9.17) is 4.74 Å². The van der Waals surface area contributed by atoms with Crippen LogP contribution >= 0.6 is 0 Å². The van der Waals surface area contributed by atoms with E-state index in [0.29, 0.717) is 17.8 Å². The van der Waals surface area contributed by atoms with Crippen molar-refractivity contribution in [1.29, 1.82) is 0 Å². The second-order valence-corrected chi connectivity index (χ2v) is 3.60. The van der Waals surface area contributed by atoms with Gasteiger partial charge in [-0.15, -0.1) is 0 Å². The van der Waals surface area contributed by atoms with Crippen molar-refractivity contribution in [3.63, 3.8) is 0 Å². The van der Waals surface area contributed by atoms with Crippen LogP contribution in [0.25, 0.3) is 0 Å². The lowest BCUT2D eigenvalue weighted by atomic mass is 9.86. The number of hydrogen-bond donors (Lipinski definition) is 1. The Morgan fingerprint density at radius 2 is 2.27 bits per heavy atom. The van der Waals surface area contributed by atoms with Gasteiger partial charge in [-0.05, 0) is 17.8 Å². The number of aliphatic hydroxyl groups excluding tert-OH is 1. The van der Waals surface area contributed by atoms with Crippen molar-refractivity contribution in [2.45, 2.75) is 19.6 Å². The first kappa shape index (κ1) is 7.32. The summed E-state index contributed by atoms with van der Waals surface area (Å²) < 4.78 is 5.18. The summed E-state index contributed by atoms with van der Waals surface area (Å²) in [7, 11) is 0. The first-order chi connectivity index (χ1) is 5.27. The Balaban J connectivity index is 2.05. The molecular weight excluding hydrogens is 140 g/mol. The van der Waals surface area contributed by atoms with Crippen LogP contribution in [-0.4, -0.2) is 18.0 Å². The predicted molar refractivity (Wildman–Crippen MR) is 41.9 cm³/mol. The summed E-state index contributed by atoms with van der Waals surface area (Å²) in [6.45, 7) is 2.93. The van der Waals surface area contributed by atoms with E-state index < -0.39 is 6.29 Å². The maximum absolute atomic E-state index is 9.19. The van der Waals surface area contributed by atoms with E-state index in [9.17, 15) is 5.11 Å². The molecule has 0 aromatic carbocycles. The molecule has 2 nitrogen and oxygen atoms in total. The monoisotopic (exact) mass is 154 g/mol. The fraction of sp³-hybridized carbons (Fsp3) is 0.778. The van der Waals surface area contributed by atoms with Crippen molar-refractivity contribution >= 4 is 0 Å². The van der Waals surface area contributed by atoms with Crippen LogP contribution in [0, 0.1) is 17.8 Å². The summed E-state index contributed by atoms with van der Waals surface area (Å²) in [5, 5.41) is 9.19. The highest BCUT2D eigenvalue weighted by Crippen LogP contribution is 2.37. The smallest absolute Gasteiger partial charge is 0.155 e. The molecule has 2 aliphatic rings. The molecule has 62 valence electrons. The highest BCUT2D eigenvalue weighted by molar-refractivity contribution is 5.06. The highest BCUT2D eigenvalue weighted by atomic mass is 16.6. The van der Waals surface area contributed by atoms with Gasteiger partial charge in [0.05, 0.1) is 6.61 Å². The Morgan fingerprint density at radius 3 is 3.09 bits per heavy atom. The van der Waals surface area contributed by atoms with Crippen LogP contribution in [0.5, 0.6) is 0 Å². The zero-order valence-corrected chi connectivity index (χ0v) is 6.73. The summed E-state index contributed by atoms with van der Waals surface area (Å²) in [6, 6.07) is 0. The van der Waals surface area contributed by atoms with Crippen LogP contribution < -0.4 is 0 Å². The SMILES string of the molecule is CC1C=CC2CC(O)OCC12. The summed E-state index contributed by atoms with van der Waals surface area (Å²) in [5.74, 6) is 1.82. The lowest BCUT2D eigenvalue weighted by molar-refractivity contribution is -0.154. The van der Waals surface area contributed by atoms with Gasteiger partial charge < -0.3 is 9.84 Å². The molecular formula is C9H14O2. The molecule has 2 heteroatoms. The van der Waals surface area contributed by atoms with Crippen molar-refractivity contribution in [2.75, 3.05) is 6.61 Å². The van der Waals surface area contributed by atoms with Crippen LogP contribution in [0.1, 0.15) is 13.3 Å². The van der Waals surface area contributed by atoms with Crippen molar-refractivity contribution in [3.8, 4) is 0 Å². The molecule has 0 radical (unpaired) electrons. The molecule has 1 fully saturated rings. The summed E-state index contributed by atoms with van der Waals surface area (Å²) in [6.07, 6.45) is 4.72. The van der Waals surface area contributed by atoms with E-state index in [1.54, 1.807) is 0 Å². The average molecular weight is 154 g/mol. The molecule has 0 saturated carbocycles. The molecule has 1 heterocycles. The van der Waals surface area contributed by atoms with Crippen molar-refractivity contribution in [1.82, 2.24) is 0 Å². The van der Waals surface area contributed by atoms with E-state index in [1.807, 2.05) is 0 Å². The molecule has 4 unspecified atom stereocenters. The topological polar surface area (TPSA) is 29.5 Å². The van der Waals surface area contributed by atoms with Gasteiger partial charge in [-0.2, -0.15) is 0 Å². The average Bonchev–Trinajstić information content (AvgIpc) is 2.32. The van der Waals surface area contributed by atoms with Gasteiger partial charge in [0, 0.05) is 6.42 Å². The Bertz CT molecular complexity index is 176.